The molecule has 6 heteroatoms. The van der Waals surface area contributed by atoms with Crippen molar-refractivity contribution in [3.8, 4) is 0 Å². The Hall–Kier alpha value is -1.38. The molecule has 0 aliphatic rings. The highest BCUT2D eigenvalue weighted by Gasteiger charge is 2.15. The van der Waals surface area contributed by atoms with E-state index in [1.807, 2.05) is 0 Å². The van der Waals surface area contributed by atoms with E-state index in [-0.39, 0.29) is 22.9 Å². The molecule has 0 aliphatic carbocycles. The van der Waals surface area contributed by atoms with Crippen molar-refractivity contribution in [2.75, 3.05) is 0 Å². The van der Waals surface area contributed by atoms with Gasteiger partial charge in [0.15, 0.2) is 5.69 Å². The zero-order chi connectivity index (χ0) is 9.14. The highest BCUT2D eigenvalue weighted by molar-refractivity contribution is 5.99. The van der Waals surface area contributed by atoms with E-state index in [4.69, 9.17) is 10.2 Å². The third-order valence-corrected chi connectivity index (χ3v) is 1.24. The summed E-state index contributed by atoms with van der Waals surface area (Å²) in [5.74, 6) is -2.63. The lowest BCUT2D eigenvalue weighted by atomic mass is 10.2. The third kappa shape index (κ3) is 2.54. The van der Waals surface area contributed by atoms with Crippen LogP contribution in [0.2, 0.25) is 0 Å². The van der Waals surface area contributed by atoms with Crippen LogP contribution in [0.3, 0.4) is 0 Å². The molecule has 0 atom stereocenters. The molecule has 5 nitrogen and oxygen atoms in total. The summed E-state index contributed by atoms with van der Waals surface area (Å²) in [6.07, 6.45) is 1.23. The highest BCUT2D eigenvalue weighted by atomic mass is 27.0. The van der Waals surface area contributed by atoms with E-state index in [9.17, 15) is 9.59 Å². The molecule has 65 valence electrons. The second-order valence-corrected chi connectivity index (χ2v) is 2.01. The van der Waals surface area contributed by atoms with Crippen LogP contribution in [0.1, 0.15) is 20.8 Å². The van der Waals surface area contributed by atoms with Crippen LogP contribution in [0.25, 0.3) is 0 Å². The maximum absolute atomic E-state index is 10.4. The fraction of sp³-hybridized carbons (Fsp3) is 0. The van der Waals surface area contributed by atoms with Gasteiger partial charge in [-0.05, 0) is 12.1 Å². The summed E-state index contributed by atoms with van der Waals surface area (Å²) in [7, 11) is 0. The van der Waals surface area contributed by atoms with Crippen LogP contribution in [0.15, 0.2) is 18.3 Å². The Morgan fingerprint density at radius 1 is 1.23 bits per heavy atom. The Bertz CT molecular complexity index is 306. The van der Waals surface area contributed by atoms with Crippen molar-refractivity contribution in [1.29, 1.82) is 0 Å². The van der Waals surface area contributed by atoms with Gasteiger partial charge in [-0.2, -0.15) is 0 Å². The number of nitrogens with zero attached hydrogens (tertiary/aromatic N) is 1. The molecule has 0 spiro atoms. The summed E-state index contributed by atoms with van der Waals surface area (Å²) in [6, 6.07) is 2.56. The first kappa shape index (κ1) is 11.6. The molecule has 1 rings (SSSR count). The smallest absolute Gasteiger partial charge is 0.355 e. The number of rotatable bonds is 2. The van der Waals surface area contributed by atoms with Crippen LogP contribution in [-0.2, 0) is 0 Å². The minimum atomic E-state index is -1.34. The molecule has 0 saturated carbocycles. The van der Waals surface area contributed by atoms with Gasteiger partial charge in [0.2, 0.25) is 0 Å². The second-order valence-electron chi connectivity index (χ2n) is 2.01. The molecule has 3 radical (unpaired) electrons. The Morgan fingerprint density at radius 2 is 1.85 bits per heavy atom. The summed E-state index contributed by atoms with van der Waals surface area (Å²) >= 11 is 0. The summed E-state index contributed by atoms with van der Waals surface area (Å²) in [6.45, 7) is 0. The number of hydrogen-bond acceptors (Lipinski definition) is 3. The molecular weight excluding hydrogens is 189 g/mol. The molecule has 2 N–H and O–H groups in total. The van der Waals surface area contributed by atoms with Gasteiger partial charge >= 0.3 is 11.9 Å². The second kappa shape index (κ2) is 4.60. The third-order valence-electron chi connectivity index (χ3n) is 1.24. The molecule has 0 saturated heterocycles. The zero-order valence-electron chi connectivity index (χ0n) is 6.47. The van der Waals surface area contributed by atoms with Gasteiger partial charge in [-0.25, -0.2) is 14.6 Å². The SMILES string of the molecule is O=C(O)c1cccnc1C(=O)O.[Al]. The van der Waals surface area contributed by atoms with Crippen molar-refractivity contribution in [1.82, 2.24) is 4.98 Å². The monoisotopic (exact) mass is 194 g/mol. The predicted octanol–water partition coefficient (Wildman–Crippen LogP) is 0.0972. The molecular formula is C7H5AlNO4. The van der Waals surface area contributed by atoms with Gasteiger partial charge in [-0.3, -0.25) is 0 Å². The number of hydrogen-bond donors (Lipinski definition) is 2. The van der Waals surface area contributed by atoms with Crippen LogP contribution >= 0.6 is 0 Å². The first-order valence-corrected chi connectivity index (χ1v) is 3.04. The molecule has 13 heavy (non-hydrogen) atoms. The van der Waals surface area contributed by atoms with E-state index >= 15 is 0 Å². The lowest BCUT2D eigenvalue weighted by Crippen LogP contribution is -2.09. The number of pyridine rings is 1. The Kier molecular flexibility index (Phi) is 4.11. The van der Waals surface area contributed by atoms with Gasteiger partial charge < -0.3 is 10.2 Å². The molecule has 1 aromatic rings. The average Bonchev–Trinajstić information content (AvgIpc) is 2.04. The van der Waals surface area contributed by atoms with Crippen molar-refractivity contribution in [2.24, 2.45) is 0 Å². The van der Waals surface area contributed by atoms with Gasteiger partial charge in [-0.15, -0.1) is 0 Å². The molecule has 0 aromatic carbocycles. The lowest BCUT2D eigenvalue weighted by molar-refractivity contribution is 0.0646. The van der Waals surface area contributed by atoms with E-state index in [1.165, 1.54) is 18.3 Å². The van der Waals surface area contributed by atoms with Crippen molar-refractivity contribution < 1.29 is 19.8 Å². The largest absolute Gasteiger partial charge is 0.478 e. The topological polar surface area (TPSA) is 87.5 Å². The summed E-state index contributed by atoms with van der Waals surface area (Å²) < 4.78 is 0. The molecule has 0 amide bonds. The van der Waals surface area contributed by atoms with Crippen molar-refractivity contribution in [3.63, 3.8) is 0 Å². The van der Waals surface area contributed by atoms with Gasteiger partial charge in [0, 0.05) is 23.6 Å². The zero-order valence-corrected chi connectivity index (χ0v) is 7.62. The van der Waals surface area contributed by atoms with Crippen LogP contribution < -0.4 is 0 Å². The number of aromatic carboxylic acids is 2. The summed E-state index contributed by atoms with van der Waals surface area (Å²) in [5, 5.41) is 17.0. The number of carboxylic acid groups (broad SMARTS) is 2. The van der Waals surface area contributed by atoms with Crippen LogP contribution in [0.4, 0.5) is 0 Å². The predicted molar refractivity (Wildman–Crippen MR) is 43.9 cm³/mol. The molecule has 1 aromatic heterocycles. The molecule has 0 unspecified atom stereocenters. The Labute approximate surface area is 84.2 Å². The summed E-state index contributed by atoms with van der Waals surface area (Å²) in [4.78, 5) is 24.2. The van der Waals surface area contributed by atoms with E-state index < -0.39 is 17.6 Å². The Morgan fingerprint density at radius 3 is 2.23 bits per heavy atom. The van der Waals surface area contributed by atoms with Gasteiger partial charge in [0.1, 0.15) is 0 Å². The van der Waals surface area contributed by atoms with Gasteiger partial charge in [0.25, 0.3) is 0 Å². The number of carboxylic acids is 2. The number of carbonyl (C=O) groups is 2. The van der Waals surface area contributed by atoms with Crippen LogP contribution in [0.5, 0.6) is 0 Å². The van der Waals surface area contributed by atoms with Crippen molar-refractivity contribution in [3.05, 3.63) is 29.6 Å². The van der Waals surface area contributed by atoms with Gasteiger partial charge in [0.05, 0.1) is 5.56 Å². The Balaban J connectivity index is 0.00000144. The first-order valence-electron chi connectivity index (χ1n) is 3.04. The van der Waals surface area contributed by atoms with Gasteiger partial charge in [-0.1, -0.05) is 0 Å². The van der Waals surface area contributed by atoms with E-state index in [1.54, 1.807) is 0 Å². The standard InChI is InChI=1S/C7H5NO4.Al/c9-6(10)4-2-1-3-8-5(4)7(11)12;/h1-3H,(H,9,10)(H,11,12);. The molecule has 1 heterocycles. The average molecular weight is 194 g/mol. The molecule has 0 aliphatic heterocycles. The van der Waals surface area contributed by atoms with Crippen LogP contribution in [0, 0.1) is 0 Å². The summed E-state index contributed by atoms with van der Waals surface area (Å²) in [5.41, 5.74) is -0.741. The minimum absolute atomic E-state index is 0. The van der Waals surface area contributed by atoms with E-state index in [0.717, 1.165) is 0 Å². The fourth-order valence-corrected chi connectivity index (χ4v) is 0.748. The quantitative estimate of drug-likeness (QED) is 0.651. The van der Waals surface area contributed by atoms with E-state index in [2.05, 4.69) is 4.98 Å². The minimum Gasteiger partial charge on any atom is -0.478 e. The van der Waals surface area contributed by atoms with Crippen molar-refractivity contribution in [2.45, 2.75) is 0 Å². The highest BCUT2D eigenvalue weighted by Crippen LogP contribution is 2.04. The maximum Gasteiger partial charge on any atom is 0.355 e. The first-order chi connectivity index (χ1) is 5.63. The molecule has 0 bridgehead atoms. The lowest BCUT2D eigenvalue weighted by Gasteiger charge is -1.97. The van der Waals surface area contributed by atoms with Crippen LogP contribution in [-0.4, -0.2) is 44.5 Å². The normalized spacial score (nSPS) is 8.62. The number of aromatic nitrogens is 1. The maximum atomic E-state index is 10.4. The van der Waals surface area contributed by atoms with Crippen molar-refractivity contribution >= 4 is 29.3 Å². The van der Waals surface area contributed by atoms with E-state index in [0.29, 0.717) is 0 Å². The molecule has 0 fully saturated rings. The fourth-order valence-electron chi connectivity index (χ4n) is 0.748.